The second kappa shape index (κ2) is 11.0. The summed E-state index contributed by atoms with van der Waals surface area (Å²) in [7, 11) is 0. The zero-order chi connectivity index (χ0) is 27.5. The van der Waals surface area contributed by atoms with Crippen molar-refractivity contribution in [1.29, 1.82) is 0 Å². The van der Waals surface area contributed by atoms with Gasteiger partial charge in [0, 0.05) is 40.8 Å². The fourth-order valence-corrected chi connectivity index (χ4v) is 5.31. The van der Waals surface area contributed by atoms with Gasteiger partial charge in [-0.3, -0.25) is 9.55 Å². The summed E-state index contributed by atoms with van der Waals surface area (Å²) in [6, 6.07) is 30.9. The molecule has 0 unspecified atom stereocenters. The maximum atomic E-state index is 11.3. The van der Waals surface area contributed by atoms with Crippen LogP contribution in [0.4, 0.5) is 0 Å². The molecule has 0 fully saturated rings. The number of hydrogen-bond donors (Lipinski definition) is 1. The van der Waals surface area contributed by atoms with Crippen LogP contribution in [-0.2, 0) is 12.8 Å². The van der Waals surface area contributed by atoms with E-state index < -0.39 is 0 Å². The Morgan fingerprint density at radius 1 is 0.750 bits per heavy atom. The van der Waals surface area contributed by atoms with Gasteiger partial charge in [0.15, 0.2) is 0 Å². The minimum Gasteiger partial charge on any atom is -0.507 e. The standard InChI is InChI=1S/C36H31N3O/c1-25-19-26(2)21-31(20-25)39-24-34(38-36(39)28-12-4-3-5-13-28)33-18-10-16-27(35(33)40)11-6-7-14-29-22-37-23-30-15-8-9-17-32(29)30/h3-10,12-13,15-24,40H,11,14H2,1-2H3/b7-6-. The van der Waals surface area contributed by atoms with Gasteiger partial charge >= 0.3 is 0 Å². The van der Waals surface area contributed by atoms with Crippen molar-refractivity contribution < 1.29 is 5.11 Å². The Labute approximate surface area is 234 Å². The number of benzene rings is 4. The highest BCUT2D eigenvalue weighted by Crippen LogP contribution is 2.35. The number of fused-ring (bicyclic) bond motifs is 1. The lowest BCUT2D eigenvalue weighted by atomic mass is 10.0. The highest BCUT2D eigenvalue weighted by atomic mass is 16.3. The van der Waals surface area contributed by atoms with Crippen LogP contribution in [0.25, 0.3) is 39.1 Å². The van der Waals surface area contributed by atoms with Crippen molar-refractivity contribution >= 4 is 10.8 Å². The maximum absolute atomic E-state index is 11.3. The molecule has 0 amide bonds. The van der Waals surface area contributed by atoms with Crippen molar-refractivity contribution in [2.24, 2.45) is 0 Å². The van der Waals surface area contributed by atoms with Crippen molar-refractivity contribution in [3.05, 3.63) is 144 Å². The lowest BCUT2D eigenvalue weighted by Gasteiger charge is -2.10. The molecule has 0 atom stereocenters. The third-order valence-electron chi connectivity index (χ3n) is 7.21. The lowest BCUT2D eigenvalue weighted by Crippen LogP contribution is -1.97. The molecular formula is C36H31N3O. The van der Waals surface area contributed by atoms with E-state index in [2.05, 4.69) is 84.1 Å². The molecule has 2 heterocycles. The van der Waals surface area contributed by atoms with Crippen LogP contribution >= 0.6 is 0 Å². The van der Waals surface area contributed by atoms with Crippen LogP contribution < -0.4 is 0 Å². The average molecular weight is 522 g/mol. The molecule has 1 N–H and O–H groups in total. The third-order valence-corrected chi connectivity index (χ3v) is 7.21. The van der Waals surface area contributed by atoms with Gasteiger partial charge in [0.25, 0.3) is 0 Å². The molecule has 0 radical (unpaired) electrons. The van der Waals surface area contributed by atoms with Crippen molar-refractivity contribution in [2.45, 2.75) is 26.7 Å². The third kappa shape index (κ3) is 5.16. The van der Waals surface area contributed by atoms with Crippen LogP contribution in [0.1, 0.15) is 22.3 Å². The van der Waals surface area contributed by atoms with Gasteiger partial charge in [-0.05, 0) is 72.5 Å². The number of allylic oxidation sites excluding steroid dienone is 2. The summed E-state index contributed by atoms with van der Waals surface area (Å²) < 4.78 is 2.12. The molecule has 0 aliphatic heterocycles. The summed E-state index contributed by atoms with van der Waals surface area (Å²) in [5, 5.41) is 13.7. The van der Waals surface area contributed by atoms with Gasteiger partial charge in [-0.15, -0.1) is 0 Å². The molecular weight excluding hydrogens is 490 g/mol. The topological polar surface area (TPSA) is 50.9 Å². The van der Waals surface area contributed by atoms with E-state index in [-0.39, 0.29) is 5.75 Å². The van der Waals surface area contributed by atoms with E-state index in [4.69, 9.17) is 4.98 Å². The highest BCUT2D eigenvalue weighted by molar-refractivity contribution is 5.84. The van der Waals surface area contributed by atoms with Crippen LogP contribution in [-0.4, -0.2) is 19.6 Å². The maximum Gasteiger partial charge on any atom is 0.145 e. The first-order valence-corrected chi connectivity index (χ1v) is 13.6. The Hall–Kier alpha value is -4.96. The Morgan fingerprint density at radius 2 is 1.48 bits per heavy atom. The van der Waals surface area contributed by atoms with E-state index in [1.54, 1.807) is 0 Å². The molecule has 4 nitrogen and oxygen atoms in total. The van der Waals surface area contributed by atoms with E-state index in [0.29, 0.717) is 6.42 Å². The number of aromatic nitrogens is 3. The summed E-state index contributed by atoms with van der Waals surface area (Å²) in [6.45, 7) is 4.21. The summed E-state index contributed by atoms with van der Waals surface area (Å²) in [4.78, 5) is 9.42. The fraction of sp³-hybridized carbons (Fsp3) is 0.111. The SMILES string of the molecule is Cc1cc(C)cc(-n2cc(-c3cccc(C/C=C\Cc4cncc5ccccc45)c3O)nc2-c2ccccc2)c1. The van der Waals surface area contributed by atoms with E-state index in [1.165, 1.54) is 22.1 Å². The number of pyridine rings is 1. The molecule has 0 spiro atoms. The molecule has 0 aliphatic rings. The Kier molecular flexibility index (Phi) is 6.98. The minimum absolute atomic E-state index is 0.267. The number of phenols is 1. The van der Waals surface area contributed by atoms with Gasteiger partial charge in [-0.2, -0.15) is 0 Å². The number of hydrogen-bond acceptors (Lipinski definition) is 3. The second-order valence-corrected chi connectivity index (χ2v) is 10.2. The van der Waals surface area contributed by atoms with Crippen molar-refractivity contribution in [2.75, 3.05) is 0 Å². The number of phenolic OH excluding ortho intramolecular Hbond substituents is 1. The largest absolute Gasteiger partial charge is 0.507 e. The predicted octanol–water partition coefficient (Wildman–Crippen LogP) is 8.42. The molecule has 0 bridgehead atoms. The first kappa shape index (κ1) is 25.3. The van der Waals surface area contributed by atoms with Crippen molar-refractivity contribution in [3.63, 3.8) is 0 Å². The van der Waals surface area contributed by atoms with Crippen molar-refractivity contribution in [3.8, 4) is 34.1 Å². The first-order chi connectivity index (χ1) is 19.6. The van der Waals surface area contributed by atoms with Crippen LogP contribution in [0.5, 0.6) is 5.75 Å². The van der Waals surface area contributed by atoms with E-state index in [9.17, 15) is 5.11 Å². The Morgan fingerprint density at radius 3 is 2.27 bits per heavy atom. The number of para-hydroxylation sites is 1. The van der Waals surface area contributed by atoms with E-state index >= 15 is 0 Å². The number of imidazole rings is 1. The second-order valence-electron chi connectivity index (χ2n) is 10.2. The van der Waals surface area contributed by atoms with Crippen molar-refractivity contribution in [1.82, 2.24) is 14.5 Å². The molecule has 2 aromatic heterocycles. The molecule has 0 aliphatic carbocycles. The Bertz CT molecular complexity index is 1810. The normalized spacial score (nSPS) is 11.4. The molecule has 6 aromatic rings. The average Bonchev–Trinajstić information content (AvgIpc) is 3.42. The summed E-state index contributed by atoms with van der Waals surface area (Å²) in [5.74, 6) is 1.11. The summed E-state index contributed by atoms with van der Waals surface area (Å²) in [6.07, 6.45) is 11.5. The fourth-order valence-electron chi connectivity index (χ4n) is 5.31. The van der Waals surface area contributed by atoms with Crippen LogP contribution in [0, 0.1) is 13.8 Å². The van der Waals surface area contributed by atoms with Crippen LogP contribution in [0.2, 0.25) is 0 Å². The molecule has 0 saturated carbocycles. The van der Waals surface area contributed by atoms with Crippen LogP contribution in [0.15, 0.2) is 122 Å². The molecule has 4 aromatic carbocycles. The first-order valence-electron chi connectivity index (χ1n) is 13.6. The smallest absolute Gasteiger partial charge is 0.145 e. The van der Waals surface area contributed by atoms with E-state index in [0.717, 1.165) is 45.7 Å². The van der Waals surface area contributed by atoms with Gasteiger partial charge in [0.2, 0.25) is 0 Å². The minimum atomic E-state index is 0.267. The Balaban J connectivity index is 1.31. The monoisotopic (exact) mass is 521 g/mol. The molecule has 196 valence electrons. The van der Waals surface area contributed by atoms with Gasteiger partial charge in [-0.25, -0.2) is 4.98 Å². The molecule has 6 rings (SSSR count). The number of aromatic hydroxyl groups is 1. The number of rotatable bonds is 7. The molecule has 40 heavy (non-hydrogen) atoms. The molecule has 4 heteroatoms. The summed E-state index contributed by atoms with van der Waals surface area (Å²) in [5.41, 5.74) is 7.99. The highest BCUT2D eigenvalue weighted by Gasteiger charge is 2.17. The van der Waals surface area contributed by atoms with Crippen LogP contribution in [0.3, 0.4) is 0 Å². The number of aryl methyl sites for hydroxylation is 2. The number of nitrogens with zero attached hydrogens (tertiary/aromatic N) is 3. The van der Waals surface area contributed by atoms with Gasteiger partial charge in [0.05, 0.1) is 5.69 Å². The predicted molar refractivity (Wildman–Crippen MR) is 164 cm³/mol. The molecule has 0 saturated heterocycles. The van der Waals surface area contributed by atoms with Gasteiger partial charge in [0.1, 0.15) is 11.6 Å². The van der Waals surface area contributed by atoms with E-state index in [1.807, 2.05) is 61.1 Å². The van der Waals surface area contributed by atoms with Gasteiger partial charge < -0.3 is 5.11 Å². The summed E-state index contributed by atoms with van der Waals surface area (Å²) >= 11 is 0. The van der Waals surface area contributed by atoms with Gasteiger partial charge in [-0.1, -0.05) is 84.9 Å². The lowest BCUT2D eigenvalue weighted by molar-refractivity contribution is 0.471. The quantitative estimate of drug-likeness (QED) is 0.215. The zero-order valence-electron chi connectivity index (χ0n) is 22.8. The zero-order valence-corrected chi connectivity index (χ0v) is 22.8.